The molecule has 0 amide bonds. The van der Waals surface area contributed by atoms with Gasteiger partial charge >= 0.3 is 0 Å². The van der Waals surface area contributed by atoms with Gasteiger partial charge in [0.05, 0.1) is 0 Å². The maximum atomic E-state index is 9.47. The number of hydrogen-bond donors (Lipinski definition) is 2. The summed E-state index contributed by atoms with van der Waals surface area (Å²) >= 11 is 0. The van der Waals surface area contributed by atoms with Crippen molar-refractivity contribution in [2.24, 2.45) is 5.73 Å². The molecule has 8 heavy (non-hydrogen) atoms. The van der Waals surface area contributed by atoms with Crippen molar-refractivity contribution in [2.75, 3.05) is 0 Å². The minimum absolute atomic E-state index is 0.0433. The first-order chi connectivity index (χ1) is 3.62. The summed E-state index contributed by atoms with van der Waals surface area (Å²) in [6, 6.07) is 0. The summed E-state index contributed by atoms with van der Waals surface area (Å²) in [4.78, 5) is 9.47. The van der Waals surface area contributed by atoms with Crippen molar-refractivity contribution in [2.45, 2.75) is 5.91 Å². The number of carbonyl (C=O) groups excluding carboxylic acids is 1. The van der Waals surface area contributed by atoms with Crippen LogP contribution in [0.3, 0.4) is 0 Å². The van der Waals surface area contributed by atoms with Gasteiger partial charge < -0.3 is 9.84 Å². The quantitative estimate of drug-likeness (QED) is 0.281. The molecule has 1 unspecified atom stereocenters. The van der Waals surface area contributed by atoms with Gasteiger partial charge in [-0.1, -0.05) is 6.58 Å². The molecule has 0 saturated carbocycles. The fourth-order valence-corrected chi connectivity index (χ4v) is 0.125. The van der Waals surface area contributed by atoms with Crippen LogP contribution in [0.2, 0.25) is 0 Å². The van der Waals surface area contributed by atoms with Crippen molar-refractivity contribution in [3.05, 3.63) is 12.7 Å². The van der Waals surface area contributed by atoms with E-state index in [2.05, 4.69) is 11.3 Å². The van der Waals surface area contributed by atoms with Gasteiger partial charge in [0.1, 0.15) is 0 Å². The third-order valence-corrected chi connectivity index (χ3v) is 0.529. The number of nitrogens with two attached hydrogens (primary N) is 1. The molecule has 0 aliphatic carbocycles. The number of hydrogen-bond acceptors (Lipinski definition) is 4. The van der Waals surface area contributed by atoms with Gasteiger partial charge in [0, 0.05) is 0 Å². The summed E-state index contributed by atoms with van der Waals surface area (Å²) in [5, 5.41) is 8.53. The lowest BCUT2D eigenvalue weighted by Crippen LogP contribution is -2.39. The normalized spacial score (nSPS) is 16.2. The van der Waals surface area contributed by atoms with E-state index >= 15 is 0 Å². The van der Waals surface area contributed by atoms with E-state index < -0.39 is 5.91 Å². The van der Waals surface area contributed by atoms with E-state index in [-0.39, 0.29) is 6.47 Å². The van der Waals surface area contributed by atoms with Crippen LogP contribution in [0.25, 0.3) is 0 Å². The fraction of sp³-hybridized carbons (Fsp3) is 0.250. The van der Waals surface area contributed by atoms with Crippen LogP contribution in [0.5, 0.6) is 0 Å². The Hall–Kier alpha value is -0.870. The molecule has 0 aromatic carbocycles. The first-order valence-electron chi connectivity index (χ1n) is 1.88. The Morgan fingerprint density at radius 3 is 2.50 bits per heavy atom. The summed E-state index contributed by atoms with van der Waals surface area (Å²) in [6.45, 7) is 3.14. The predicted molar refractivity (Wildman–Crippen MR) is 26.5 cm³/mol. The molecule has 0 aromatic heterocycles. The molecule has 1 atom stereocenters. The molecular formula is C4H7NO3. The van der Waals surface area contributed by atoms with E-state index in [1.165, 1.54) is 0 Å². The Morgan fingerprint density at radius 1 is 1.88 bits per heavy atom. The Kier molecular flexibility index (Phi) is 2.18. The summed E-state index contributed by atoms with van der Waals surface area (Å²) in [6.07, 6.45) is 0.904. The van der Waals surface area contributed by atoms with E-state index in [1.54, 1.807) is 0 Å². The molecule has 0 heterocycles. The second kappa shape index (κ2) is 2.44. The van der Waals surface area contributed by atoms with Crippen molar-refractivity contribution in [3.8, 4) is 0 Å². The number of aliphatic hydroxyl groups is 1. The first-order valence-corrected chi connectivity index (χ1v) is 1.88. The van der Waals surface area contributed by atoms with Crippen molar-refractivity contribution < 1.29 is 14.6 Å². The minimum atomic E-state index is -2.01. The fourth-order valence-electron chi connectivity index (χ4n) is 0.125. The Bertz CT molecular complexity index is 99.5. The third-order valence-electron chi connectivity index (χ3n) is 0.529. The van der Waals surface area contributed by atoms with Gasteiger partial charge in [-0.15, -0.1) is 0 Å². The summed E-state index contributed by atoms with van der Waals surface area (Å²) in [7, 11) is 0. The summed E-state index contributed by atoms with van der Waals surface area (Å²) in [5.74, 6) is -2.01. The van der Waals surface area contributed by atoms with Gasteiger partial charge in [0.25, 0.3) is 12.4 Å². The lowest BCUT2D eigenvalue weighted by Gasteiger charge is -2.13. The van der Waals surface area contributed by atoms with Crippen molar-refractivity contribution in [1.82, 2.24) is 0 Å². The highest BCUT2D eigenvalue weighted by Gasteiger charge is 2.14. The monoisotopic (exact) mass is 117 g/mol. The molecule has 0 aliphatic heterocycles. The van der Waals surface area contributed by atoms with Crippen LogP contribution < -0.4 is 5.73 Å². The standard InChI is InChI=1S/C4H7NO3/c1-2-4(5,7)8-3-6/h2-3,7H,1,5H2. The van der Waals surface area contributed by atoms with Gasteiger partial charge in [-0.05, 0) is 6.08 Å². The predicted octanol–water partition coefficient (Wildman–Crippen LogP) is -1.05. The molecule has 0 radical (unpaired) electrons. The molecule has 0 spiro atoms. The smallest absolute Gasteiger partial charge is 0.296 e. The average molecular weight is 117 g/mol. The first kappa shape index (κ1) is 7.13. The lowest BCUT2D eigenvalue weighted by molar-refractivity contribution is -0.173. The molecule has 0 aliphatic rings. The SMILES string of the molecule is C=CC(N)(O)OC=O. The summed E-state index contributed by atoms with van der Waals surface area (Å²) < 4.78 is 3.91. The number of rotatable bonds is 3. The highest BCUT2D eigenvalue weighted by molar-refractivity contribution is 5.38. The van der Waals surface area contributed by atoms with Gasteiger partial charge in [0.2, 0.25) is 0 Å². The van der Waals surface area contributed by atoms with Gasteiger partial charge in [-0.3, -0.25) is 10.5 Å². The summed E-state index contributed by atoms with van der Waals surface area (Å²) in [5.41, 5.74) is 4.81. The number of carbonyl (C=O) groups is 1. The molecular weight excluding hydrogens is 110 g/mol. The van der Waals surface area contributed by atoms with Crippen molar-refractivity contribution in [3.63, 3.8) is 0 Å². The minimum Gasteiger partial charge on any atom is -0.418 e. The molecule has 3 N–H and O–H groups in total. The zero-order valence-corrected chi connectivity index (χ0v) is 4.20. The van der Waals surface area contributed by atoms with E-state index in [1.807, 2.05) is 0 Å². The molecule has 0 aromatic rings. The molecule has 0 saturated heterocycles. The zero-order chi connectivity index (χ0) is 6.62. The van der Waals surface area contributed by atoms with Crippen molar-refractivity contribution in [1.29, 1.82) is 0 Å². The van der Waals surface area contributed by atoms with Gasteiger partial charge in [0.15, 0.2) is 0 Å². The van der Waals surface area contributed by atoms with Crippen LogP contribution in [0, 0.1) is 0 Å². The number of ether oxygens (including phenoxy) is 1. The van der Waals surface area contributed by atoms with Crippen molar-refractivity contribution >= 4 is 6.47 Å². The molecule has 0 fully saturated rings. The maximum absolute atomic E-state index is 9.47. The van der Waals surface area contributed by atoms with Crippen LogP contribution in [-0.2, 0) is 9.53 Å². The van der Waals surface area contributed by atoms with Gasteiger partial charge in [-0.25, -0.2) is 0 Å². The Labute approximate surface area is 46.6 Å². The second-order valence-corrected chi connectivity index (χ2v) is 1.17. The largest absolute Gasteiger partial charge is 0.418 e. The van der Waals surface area contributed by atoms with Gasteiger partial charge in [-0.2, -0.15) is 0 Å². The van der Waals surface area contributed by atoms with E-state index in [4.69, 9.17) is 10.8 Å². The lowest BCUT2D eigenvalue weighted by atomic mass is 10.5. The average Bonchev–Trinajstić information content (AvgIpc) is 1.67. The van der Waals surface area contributed by atoms with E-state index in [0.29, 0.717) is 0 Å². The zero-order valence-electron chi connectivity index (χ0n) is 4.20. The van der Waals surface area contributed by atoms with Crippen LogP contribution in [0.1, 0.15) is 0 Å². The van der Waals surface area contributed by atoms with E-state index in [9.17, 15) is 4.79 Å². The van der Waals surface area contributed by atoms with Crippen LogP contribution in [0.4, 0.5) is 0 Å². The second-order valence-electron chi connectivity index (χ2n) is 1.17. The highest BCUT2D eigenvalue weighted by atomic mass is 16.7. The maximum Gasteiger partial charge on any atom is 0.296 e. The molecule has 4 heteroatoms. The highest BCUT2D eigenvalue weighted by Crippen LogP contribution is 1.93. The van der Waals surface area contributed by atoms with Crippen LogP contribution in [-0.4, -0.2) is 17.5 Å². The van der Waals surface area contributed by atoms with Crippen LogP contribution in [0.15, 0.2) is 12.7 Å². The molecule has 46 valence electrons. The topological polar surface area (TPSA) is 72.6 Å². The Morgan fingerprint density at radius 2 is 2.38 bits per heavy atom. The van der Waals surface area contributed by atoms with Crippen LogP contribution >= 0.6 is 0 Å². The molecule has 0 bridgehead atoms. The van der Waals surface area contributed by atoms with E-state index in [0.717, 1.165) is 6.08 Å². The molecule has 0 rings (SSSR count). The molecule has 4 nitrogen and oxygen atoms in total. The third kappa shape index (κ3) is 2.33. The Balaban J connectivity index is 3.70.